The van der Waals surface area contributed by atoms with Crippen LogP contribution in [0.4, 0.5) is 8.78 Å². The summed E-state index contributed by atoms with van der Waals surface area (Å²) in [5.41, 5.74) is -0.0697. The molecule has 3 fully saturated rings. The number of ketones is 1. The summed E-state index contributed by atoms with van der Waals surface area (Å²) in [6, 6.07) is 0. The zero-order valence-corrected chi connectivity index (χ0v) is 10.6. The quantitative estimate of drug-likeness (QED) is 0.759. The van der Waals surface area contributed by atoms with Crippen LogP contribution in [0, 0.1) is 11.8 Å². The topological polar surface area (TPSA) is 26.3 Å². The molecule has 0 aromatic heterocycles. The Morgan fingerprint density at radius 3 is 2.33 bits per heavy atom. The van der Waals surface area contributed by atoms with Crippen LogP contribution in [-0.2, 0) is 9.53 Å². The highest BCUT2D eigenvalue weighted by molar-refractivity contribution is 5.84. The number of carbonyl (C=O) groups excluding carboxylic acids is 1. The van der Waals surface area contributed by atoms with Crippen molar-refractivity contribution in [1.82, 2.24) is 0 Å². The molecule has 2 atom stereocenters. The van der Waals surface area contributed by atoms with E-state index in [1.807, 2.05) is 0 Å². The molecule has 2 aliphatic carbocycles. The Kier molecular flexibility index (Phi) is 2.96. The smallest absolute Gasteiger partial charge is 0.248 e. The Hall–Kier alpha value is -0.510. The van der Waals surface area contributed by atoms with E-state index in [0.29, 0.717) is 13.0 Å². The molecular weight excluding hydrogens is 238 g/mol. The molecule has 1 heterocycles. The molecule has 3 aliphatic rings. The minimum absolute atomic E-state index is 0.0297. The average Bonchev–Trinajstić information content (AvgIpc) is 2.67. The Morgan fingerprint density at radius 1 is 1.06 bits per heavy atom. The standard InChI is InChI=1S/C14H20F2O2/c15-14(16)6-2-10(9-14)12(17)11-3-7-18-13(8-11)4-1-5-13/h10-11H,1-9H2. The minimum atomic E-state index is -2.61. The molecule has 3 rings (SSSR count). The van der Waals surface area contributed by atoms with E-state index in [2.05, 4.69) is 0 Å². The van der Waals surface area contributed by atoms with Gasteiger partial charge in [0.2, 0.25) is 5.92 Å². The van der Waals surface area contributed by atoms with E-state index in [9.17, 15) is 13.6 Å². The molecule has 0 amide bonds. The van der Waals surface area contributed by atoms with Crippen LogP contribution in [0.25, 0.3) is 0 Å². The second kappa shape index (κ2) is 4.26. The third kappa shape index (κ3) is 2.20. The van der Waals surface area contributed by atoms with Gasteiger partial charge in [0.1, 0.15) is 5.78 Å². The monoisotopic (exact) mass is 258 g/mol. The second-order valence-corrected chi connectivity index (χ2v) is 6.27. The molecule has 1 spiro atoms. The third-order valence-corrected chi connectivity index (χ3v) is 4.97. The summed E-state index contributed by atoms with van der Waals surface area (Å²) >= 11 is 0. The van der Waals surface area contributed by atoms with Crippen LogP contribution in [-0.4, -0.2) is 23.9 Å². The number of ether oxygens (including phenoxy) is 1. The molecule has 1 saturated heterocycles. The maximum absolute atomic E-state index is 13.2. The first-order valence-corrected chi connectivity index (χ1v) is 7.05. The number of rotatable bonds is 2. The lowest BCUT2D eigenvalue weighted by atomic mass is 9.70. The number of Topliss-reactive ketones (excluding diaryl/α,β-unsaturated/α-hetero) is 1. The van der Waals surface area contributed by atoms with Gasteiger partial charge in [-0.3, -0.25) is 4.79 Å². The van der Waals surface area contributed by atoms with Gasteiger partial charge >= 0.3 is 0 Å². The van der Waals surface area contributed by atoms with Gasteiger partial charge in [0, 0.05) is 31.3 Å². The lowest BCUT2D eigenvalue weighted by Gasteiger charge is -2.47. The van der Waals surface area contributed by atoms with Crippen molar-refractivity contribution in [1.29, 1.82) is 0 Å². The number of hydrogen-bond donors (Lipinski definition) is 0. The Bertz CT molecular complexity index is 350. The molecule has 18 heavy (non-hydrogen) atoms. The van der Waals surface area contributed by atoms with Crippen molar-refractivity contribution in [2.45, 2.75) is 62.9 Å². The van der Waals surface area contributed by atoms with Gasteiger partial charge in [0.15, 0.2) is 0 Å². The minimum Gasteiger partial charge on any atom is -0.375 e. The maximum Gasteiger partial charge on any atom is 0.248 e. The van der Waals surface area contributed by atoms with E-state index in [-0.39, 0.29) is 30.1 Å². The van der Waals surface area contributed by atoms with Crippen molar-refractivity contribution >= 4 is 5.78 Å². The van der Waals surface area contributed by atoms with E-state index in [1.165, 1.54) is 6.42 Å². The van der Waals surface area contributed by atoms with Gasteiger partial charge in [0.25, 0.3) is 0 Å². The van der Waals surface area contributed by atoms with Crippen molar-refractivity contribution < 1.29 is 18.3 Å². The zero-order chi connectivity index (χ0) is 12.8. The summed E-state index contributed by atoms with van der Waals surface area (Å²) in [5.74, 6) is -2.96. The van der Waals surface area contributed by atoms with Crippen LogP contribution in [0.3, 0.4) is 0 Å². The van der Waals surface area contributed by atoms with Gasteiger partial charge in [-0.05, 0) is 38.5 Å². The lowest BCUT2D eigenvalue weighted by Crippen LogP contribution is -2.47. The van der Waals surface area contributed by atoms with E-state index in [1.54, 1.807) is 0 Å². The summed E-state index contributed by atoms with van der Waals surface area (Å²) in [6.07, 6.45) is 4.78. The molecular formula is C14H20F2O2. The number of hydrogen-bond acceptors (Lipinski definition) is 2. The van der Waals surface area contributed by atoms with Gasteiger partial charge in [0.05, 0.1) is 5.60 Å². The molecule has 1 aliphatic heterocycles. The molecule has 0 radical (unpaired) electrons. The number of carbonyl (C=O) groups is 1. The van der Waals surface area contributed by atoms with Crippen LogP contribution >= 0.6 is 0 Å². The van der Waals surface area contributed by atoms with Crippen LogP contribution in [0.2, 0.25) is 0 Å². The van der Waals surface area contributed by atoms with E-state index < -0.39 is 11.8 Å². The van der Waals surface area contributed by atoms with Gasteiger partial charge in [-0.1, -0.05) is 0 Å². The van der Waals surface area contributed by atoms with E-state index >= 15 is 0 Å². The van der Waals surface area contributed by atoms with Crippen LogP contribution in [0.15, 0.2) is 0 Å². The molecule has 4 heteroatoms. The molecule has 2 nitrogen and oxygen atoms in total. The van der Waals surface area contributed by atoms with Gasteiger partial charge in [-0.2, -0.15) is 0 Å². The predicted molar refractivity (Wildman–Crippen MR) is 62.6 cm³/mol. The fourth-order valence-corrected chi connectivity index (χ4v) is 3.72. The zero-order valence-electron chi connectivity index (χ0n) is 10.6. The van der Waals surface area contributed by atoms with Gasteiger partial charge < -0.3 is 4.74 Å². The molecule has 0 aromatic carbocycles. The average molecular weight is 258 g/mol. The molecule has 102 valence electrons. The van der Waals surface area contributed by atoms with Gasteiger partial charge in [-0.25, -0.2) is 8.78 Å². The van der Waals surface area contributed by atoms with Crippen molar-refractivity contribution in [3.63, 3.8) is 0 Å². The van der Waals surface area contributed by atoms with Crippen LogP contribution in [0.1, 0.15) is 51.4 Å². The summed E-state index contributed by atoms with van der Waals surface area (Å²) in [5, 5.41) is 0. The van der Waals surface area contributed by atoms with Gasteiger partial charge in [-0.15, -0.1) is 0 Å². The molecule has 0 bridgehead atoms. The lowest BCUT2D eigenvalue weighted by molar-refractivity contribution is -0.158. The predicted octanol–water partition coefficient (Wildman–Crippen LogP) is 3.34. The fraction of sp³-hybridized carbons (Fsp3) is 0.929. The molecule has 2 saturated carbocycles. The first-order valence-electron chi connectivity index (χ1n) is 7.05. The SMILES string of the molecule is O=C(C1CCC(F)(F)C1)C1CCOC2(CCC2)C1. The first-order chi connectivity index (χ1) is 8.50. The molecule has 2 unspecified atom stereocenters. The molecule has 0 aromatic rings. The number of alkyl halides is 2. The first kappa shape index (κ1) is 12.5. The van der Waals surface area contributed by atoms with E-state index in [4.69, 9.17) is 4.74 Å². The second-order valence-electron chi connectivity index (χ2n) is 6.27. The number of halogens is 2. The Morgan fingerprint density at radius 2 is 1.78 bits per heavy atom. The van der Waals surface area contributed by atoms with Crippen molar-refractivity contribution in [3.05, 3.63) is 0 Å². The largest absolute Gasteiger partial charge is 0.375 e. The summed E-state index contributed by atoms with van der Waals surface area (Å²) < 4.78 is 32.1. The third-order valence-electron chi connectivity index (χ3n) is 4.97. The van der Waals surface area contributed by atoms with Crippen molar-refractivity contribution in [3.8, 4) is 0 Å². The van der Waals surface area contributed by atoms with Crippen molar-refractivity contribution in [2.24, 2.45) is 11.8 Å². The van der Waals surface area contributed by atoms with Crippen LogP contribution < -0.4 is 0 Å². The normalized spacial score (nSPS) is 37.4. The Balaban J connectivity index is 1.62. The molecule has 0 N–H and O–H groups in total. The highest BCUT2D eigenvalue weighted by Gasteiger charge is 2.48. The summed E-state index contributed by atoms with van der Waals surface area (Å²) in [4.78, 5) is 12.3. The fourth-order valence-electron chi connectivity index (χ4n) is 3.72. The summed E-state index contributed by atoms with van der Waals surface area (Å²) in [7, 11) is 0. The highest BCUT2D eigenvalue weighted by Crippen LogP contribution is 2.47. The van der Waals surface area contributed by atoms with Crippen LogP contribution in [0.5, 0.6) is 0 Å². The van der Waals surface area contributed by atoms with E-state index in [0.717, 1.165) is 25.7 Å². The maximum atomic E-state index is 13.2. The highest BCUT2D eigenvalue weighted by atomic mass is 19.3. The summed E-state index contributed by atoms with van der Waals surface area (Å²) in [6.45, 7) is 0.625. The Labute approximate surface area is 106 Å². The van der Waals surface area contributed by atoms with Crippen molar-refractivity contribution in [2.75, 3.05) is 6.61 Å².